The molecule has 0 atom stereocenters. The van der Waals surface area contributed by atoms with Crippen LogP contribution in [0.15, 0.2) is 63.7 Å². The molecular weight excluding hydrogens is 356 g/mol. The number of sulfonamides is 1. The third kappa shape index (κ3) is 3.85. The van der Waals surface area contributed by atoms with E-state index in [-0.39, 0.29) is 4.90 Å². The number of hydrogen-bond acceptors (Lipinski definition) is 5. The van der Waals surface area contributed by atoms with Gasteiger partial charge in [0.25, 0.3) is 10.0 Å². The second-order valence-corrected chi connectivity index (χ2v) is 8.36. The van der Waals surface area contributed by atoms with Crippen LogP contribution >= 0.6 is 11.8 Å². The van der Waals surface area contributed by atoms with Crippen molar-refractivity contribution in [2.24, 2.45) is 7.05 Å². The Hall–Kier alpha value is -2.32. The molecule has 0 spiro atoms. The van der Waals surface area contributed by atoms with Gasteiger partial charge in [0.15, 0.2) is 5.16 Å². The highest BCUT2D eigenvalue weighted by atomic mass is 32.2. The minimum atomic E-state index is -3.68. The van der Waals surface area contributed by atoms with Gasteiger partial charge in [-0.25, -0.2) is 8.42 Å². The molecule has 0 aliphatic heterocycles. The molecule has 3 rings (SSSR count). The average molecular weight is 374 g/mol. The van der Waals surface area contributed by atoms with Gasteiger partial charge in [0.1, 0.15) is 6.33 Å². The van der Waals surface area contributed by atoms with Crippen molar-refractivity contribution >= 4 is 27.5 Å². The van der Waals surface area contributed by atoms with Crippen LogP contribution < -0.4 is 4.72 Å². The predicted octanol–water partition coefficient (Wildman–Crippen LogP) is 3.38. The Morgan fingerprint density at radius 1 is 1.12 bits per heavy atom. The molecule has 1 heterocycles. The molecule has 6 nitrogen and oxygen atoms in total. The van der Waals surface area contributed by atoms with Gasteiger partial charge in [-0.1, -0.05) is 29.8 Å². The van der Waals surface area contributed by atoms with Crippen molar-refractivity contribution in [3.05, 3.63) is 59.9 Å². The van der Waals surface area contributed by atoms with Gasteiger partial charge in [0.05, 0.1) is 10.6 Å². The molecule has 0 bridgehead atoms. The highest BCUT2D eigenvalue weighted by Gasteiger charge is 2.19. The van der Waals surface area contributed by atoms with E-state index in [0.717, 1.165) is 10.5 Å². The first-order valence-electron chi connectivity index (χ1n) is 7.58. The van der Waals surface area contributed by atoms with E-state index in [9.17, 15) is 8.42 Å². The summed E-state index contributed by atoms with van der Waals surface area (Å²) in [4.78, 5) is 1.03. The highest BCUT2D eigenvalue weighted by molar-refractivity contribution is 7.99. The van der Waals surface area contributed by atoms with Crippen molar-refractivity contribution in [3.8, 4) is 0 Å². The van der Waals surface area contributed by atoms with Crippen LogP contribution in [-0.4, -0.2) is 23.2 Å². The average Bonchev–Trinajstić information content (AvgIpc) is 2.93. The summed E-state index contributed by atoms with van der Waals surface area (Å²) >= 11 is 1.35. The van der Waals surface area contributed by atoms with Gasteiger partial charge >= 0.3 is 0 Å². The summed E-state index contributed by atoms with van der Waals surface area (Å²) in [5.74, 6) is 0. The van der Waals surface area contributed by atoms with Gasteiger partial charge in [0.2, 0.25) is 0 Å². The van der Waals surface area contributed by atoms with E-state index in [2.05, 4.69) is 14.9 Å². The van der Waals surface area contributed by atoms with Crippen LogP contribution in [0.2, 0.25) is 0 Å². The van der Waals surface area contributed by atoms with Crippen molar-refractivity contribution in [3.63, 3.8) is 0 Å². The molecule has 0 aliphatic carbocycles. The number of rotatable bonds is 5. The van der Waals surface area contributed by atoms with E-state index in [1.165, 1.54) is 11.8 Å². The van der Waals surface area contributed by atoms with Crippen molar-refractivity contribution in [2.45, 2.75) is 28.8 Å². The Balaban J connectivity index is 1.94. The molecule has 0 saturated carbocycles. The van der Waals surface area contributed by atoms with E-state index in [4.69, 9.17) is 0 Å². The van der Waals surface area contributed by atoms with E-state index in [1.807, 2.05) is 32.2 Å². The lowest BCUT2D eigenvalue weighted by atomic mass is 10.2. The SMILES string of the molecule is Cc1ccc(S(=O)(=O)Nc2ccccc2Sc2nncn2C)c(C)c1. The molecular formula is C17H18N4O2S2. The minimum Gasteiger partial charge on any atom is -0.311 e. The van der Waals surface area contributed by atoms with Crippen LogP contribution in [0.25, 0.3) is 0 Å². The normalized spacial score (nSPS) is 11.5. The number of para-hydroxylation sites is 1. The molecule has 8 heteroatoms. The lowest BCUT2D eigenvalue weighted by molar-refractivity contribution is 0.600. The number of aryl methyl sites for hydroxylation is 3. The summed E-state index contributed by atoms with van der Waals surface area (Å²) in [6, 6.07) is 12.5. The van der Waals surface area contributed by atoms with Crippen molar-refractivity contribution < 1.29 is 8.42 Å². The quantitative estimate of drug-likeness (QED) is 0.741. The first kappa shape index (κ1) is 17.5. The molecule has 0 amide bonds. The zero-order chi connectivity index (χ0) is 18.0. The molecule has 1 aromatic heterocycles. The molecule has 25 heavy (non-hydrogen) atoms. The zero-order valence-electron chi connectivity index (χ0n) is 14.1. The summed E-state index contributed by atoms with van der Waals surface area (Å²) in [6.45, 7) is 3.73. The van der Waals surface area contributed by atoms with Gasteiger partial charge in [-0.15, -0.1) is 10.2 Å². The van der Waals surface area contributed by atoms with Crippen molar-refractivity contribution in [2.75, 3.05) is 4.72 Å². The standard InChI is InChI=1S/C17H18N4O2S2/c1-12-8-9-16(13(2)10-12)25(22,23)20-14-6-4-5-7-15(14)24-17-19-18-11-21(17)3/h4-11,20H,1-3H3. The Kier molecular flexibility index (Phi) is 4.82. The minimum absolute atomic E-state index is 0.275. The summed E-state index contributed by atoms with van der Waals surface area (Å²) in [5, 5.41) is 8.55. The largest absolute Gasteiger partial charge is 0.311 e. The van der Waals surface area contributed by atoms with Crippen LogP contribution in [0.3, 0.4) is 0 Å². The zero-order valence-corrected chi connectivity index (χ0v) is 15.7. The Morgan fingerprint density at radius 2 is 1.88 bits per heavy atom. The molecule has 0 unspecified atom stereocenters. The maximum atomic E-state index is 12.8. The van der Waals surface area contributed by atoms with Crippen LogP contribution in [-0.2, 0) is 17.1 Å². The van der Waals surface area contributed by atoms with Gasteiger partial charge in [-0.05, 0) is 49.4 Å². The Morgan fingerprint density at radius 3 is 2.56 bits per heavy atom. The molecule has 0 aliphatic rings. The van der Waals surface area contributed by atoms with Gasteiger partial charge in [-0.2, -0.15) is 0 Å². The molecule has 0 saturated heterocycles. The lowest BCUT2D eigenvalue weighted by Crippen LogP contribution is -2.15. The smallest absolute Gasteiger partial charge is 0.262 e. The molecule has 0 fully saturated rings. The lowest BCUT2D eigenvalue weighted by Gasteiger charge is -2.13. The molecule has 1 N–H and O–H groups in total. The van der Waals surface area contributed by atoms with Gasteiger partial charge in [0, 0.05) is 11.9 Å². The first-order chi connectivity index (χ1) is 11.9. The summed E-state index contributed by atoms with van der Waals surface area (Å²) in [5.41, 5.74) is 2.25. The topological polar surface area (TPSA) is 76.9 Å². The summed E-state index contributed by atoms with van der Waals surface area (Å²) < 4.78 is 30.1. The molecule has 130 valence electrons. The second-order valence-electron chi connectivity index (χ2n) is 5.70. The van der Waals surface area contributed by atoms with Crippen LogP contribution in [0, 0.1) is 13.8 Å². The maximum absolute atomic E-state index is 12.8. The first-order valence-corrected chi connectivity index (χ1v) is 9.88. The number of nitrogens with zero attached hydrogens (tertiary/aromatic N) is 3. The Labute approximate surface area is 151 Å². The highest BCUT2D eigenvalue weighted by Crippen LogP contribution is 2.33. The third-order valence-corrected chi connectivity index (χ3v) is 6.28. The Bertz CT molecular complexity index is 1010. The van der Waals surface area contributed by atoms with Gasteiger partial charge < -0.3 is 4.57 Å². The monoisotopic (exact) mass is 374 g/mol. The molecule has 3 aromatic rings. The molecule has 0 radical (unpaired) electrons. The summed E-state index contributed by atoms with van der Waals surface area (Å²) in [7, 11) is -1.84. The van der Waals surface area contributed by atoms with Gasteiger partial charge in [-0.3, -0.25) is 4.72 Å². The predicted molar refractivity (Wildman–Crippen MR) is 98.3 cm³/mol. The third-order valence-electron chi connectivity index (χ3n) is 3.62. The fourth-order valence-corrected chi connectivity index (χ4v) is 4.63. The number of aromatic nitrogens is 3. The van der Waals surface area contributed by atoms with E-state index >= 15 is 0 Å². The van der Waals surface area contributed by atoms with E-state index < -0.39 is 10.0 Å². The number of hydrogen-bond donors (Lipinski definition) is 1. The van der Waals surface area contributed by atoms with E-state index in [0.29, 0.717) is 16.4 Å². The van der Waals surface area contributed by atoms with Crippen molar-refractivity contribution in [1.29, 1.82) is 0 Å². The van der Waals surface area contributed by atoms with Crippen LogP contribution in [0.1, 0.15) is 11.1 Å². The number of anilines is 1. The number of nitrogens with one attached hydrogen (secondary N) is 1. The fraction of sp³-hybridized carbons (Fsp3) is 0.176. The van der Waals surface area contributed by atoms with Crippen molar-refractivity contribution in [1.82, 2.24) is 14.8 Å². The van der Waals surface area contributed by atoms with Crippen LogP contribution in [0.5, 0.6) is 0 Å². The molecule has 2 aromatic carbocycles. The second kappa shape index (κ2) is 6.89. The van der Waals surface area contributed by atoms with Crippen LogP contribution in [0.4, 0.5) is 5.69 Å². The fourth-order valence-electron chi connectivity index (χ4n) is 2.40. The maximum Gasteiger partial charge on any atom is 0.262 e. The number of benzene rings is 2. The summed E-state index contributed by atoms with van der Waals surface area (Å²) in [6.07, 6.45) is 1.60. The van der Waals surface area contributed by atoms with E-state index in [1.54, 1.807) is 42.1 Å².